The van der Waals surface area contributed by atoms with Crippen molar-refractivity contribution in [3.05, 3.63) is 79.0 Å². The van der Waals surface area contributed by atoms with E-state index in [-0.39, 0.29) is 25.1 Å². The van der Waals surface area contributed by atoms with Crippen LogP contribution in [-0.4, -0.2) is 92.4 Å². The molecule has 5 atom stereocenters. The van der Waals surface area contributed by atoms with Crippen LogP contribution in [0.15, 0.2) is 73.3 Å². The molecule has 2 saturated carbocycles. The second kappa shape index (κ2) is 14.4. The minimum absolute atomic E-state index is 0.0222. The van der Waals surface area contributed by atoms with Crippen molar-refractivity contribution in [3.63, 3.8) is 0 Å². The fourth-order valence-corrected chi connectivity index (χ4v) is 8.87. The lowest BCUT2D eigenvalue weighted by atomic mass is 10.0. The highest BCUT2D eigenvalue weighted by Gasteiger charge is 2.62. The molecule has 2 aliphatic heterocycles. The minimum Gasteiger partial charge on any atom is -0.472 e. The molecule has 15 nitrogen and oxygen atoms in total. The van der Waals surface area contributed by atoms with Gasteiger partial charge in [0.2, 0.25) is 27.7 Å². The number of sulfonamides is 1. The normalized spacial score (nSPS) is 26.8. The summed E-state index contributed by atoms with van der Waals surface area (Å²) in [5.41, 5.74) is -0.944. The van der Waals surface area contributed by atoms with E-state index in [0.29, 0.717) is 43.6 Å². The Morgan fingerprint density at radius 1 is 0.944 bits per heavy atom. The number of hydrogen-bond donors (Lipinski definition) is 3. The molecule has 4 aromatic rings. The zero-order valence-electron chi connectivity index (χ0n) is 29.4. The maximum atomic E-state index is 14.6. The third kappa shape index (κ3) is 7.09. The fourth-order valence-electron chi connectivity index (χ4n) is 7.51. The summed E-state index contributed by atoms with van der Waals surface area (Å²) >= 11 is 0. The molecular weight excluding hydrogens is 713 g/mol. The average molecular weight is 753 g/mol. The van der Waals surface area contributed by atoms with Crippen molar-refractivity contribution in [2.24, 2.45) is 5.92 Å². The van der Waals surface area contributed by atoms with Gasteiger partial charge in [0.05, 0.1) is 11.8 Å². The van der Waals surface area contributed by atoms with Crippen LogP contribution in [0.4, 0.5) is 0 Å². The first-order chi connectivity index (χ1) is 26.1. The van der Waals surface area contributed by atoms with Gasteiger partial charge in [-0.25, -0.2) is 23.4 Å². The van der Waals surface area contributed by atoms with Crippen LogP contribution >= 0.6 is 0 Å². The Kier molecular flexibility index (Phi) is 9.46. The van der Waals surface area contributed by atoms with Gasteiger partial charge in [-0.2, -0.15) is 4.98 Å². The molecule has 4 aliphatic rings. The summed E-state index contributed by atoms with van der Waals surface area (Å²) in [6.45, 7) is -0.0222. The van der Waals surface area contributed by atoms with Crippen LogP contribution in [0.25, 0.3) is 21.8 Å². The van der Waals surface area contributed by atoms with Crippen molar-refractivity contribution in [3.8, 4) is 5.88 Å². The maximum absolute atomic E-state index is 14.6. The molecule has 2 aliphatic carbocycles. The third-order valence-corrected chi connectivity index (χ3v) is 12.5. The molecule has 280 valence electrons. The predicted octanol–water partition coefficient (Wildman–Crippen LogP) is 2.72. The highest BCUT2D eigenvalue weighted by molar-refractivity contribution is 7.91. The molecule has 16 heteroatoms. The SMILES string of the molecule is O=C(N[C@H]1CCCCC/C=C\[C@@H]2C[C@@]2(C(=O)NS(=O)(=O)C2CC2)NC(=O)[C@@H]2C[C@@H](Oc3nc4ncccc4c4ccccc34)CN2C1=O)c1ccncn1. The zero-order valence-corrected chi connectivity index (χ0v) is 30.2. The Hall–Kier alpha value is -5.51. The summed E-state index contributed by atoms with van der Waals surface area (Å²) in [4.78, 5) is 74.5. The van der Waals surface area contributed by atoms with Gasteiger partial charge in [-0.15, -0.1) is 0 Å². The second-order valence-electron chi connectivity index (χ2n) is 14.5. The molecule has 3 aromatic heterocycles. The number of benzene rings is 1. The fraction of sp³-hybridized carbons (Fsp3) is 0.421. The van der Waals surface area contributed by atoms with E-state index in [1.54, 1.807) is 6.20 Å². The lowest BCUT2D eigenvalue weighted by Crippen LogP contribution is -2.58. The van der Waals surface area contributed by atoms with Crippen LogP contribution in [0.2, 0.25) is 0 Å². The molecule has 8 rings (SSSR count). The molecule has 0 bridgehead atoms. The Balaban J connectivity index is 1.12. The van der Waals surface area contributed by atoms with E-state index < -0.39 is 68.5 Å². The van der Waals surface area contributed by atoms with Gasteiger partial charge in [-0.3, -0.25) is 23.9 Å². The number of amides is 4. The van der Waals surface area contributed by atoms with Gasteiger partial charge in [0, 0.05) is 35.5 Å². The Labute approximate surface area is 311 Å². The first kappa shape index (κ1) is 35.5. The standard InChI is InChI=1S/C38H40N8O7S/c47-33(29-16-18-39-22-41-29)42-30-13-5-3-1-2-4-9-23-20-38(23,37(50)45-54(51,52)25-14-15-25)44-34(48)31-19-24(21-46(31)36(30)49)53-35-28-11-7-6-10-26(28)27-12-8-17-40-32(27)43-35/h4,6-12,16-18,22-25,30-31H,1-3,5,13-15,19-21H2,(H,42,47)(H,44,48)(H,45,50)/b9-4-/t23-,24-,30+,31+,38-/m1/s1. The molecule has 3 N–H and O–H groups in total. The molecule has 1 saturated heterocycles. The molecule has 5 heterocycles. The van der Waals surface area contributed by atoms with Crippen LogP contribution in [0.5, 0.6) is 5.88 Å². The number of carbonyl (C=O) groups is 4. The molecule has 0 spiro atoms. The Morgan fingerprint density at radius 2 is 1.76 bits per heavy atom. The summed E-state index contributed by atoms with van der Waals surface area (Å²) in [5, 5.41) is 7.54. The lowest BCUT2D eigenvalue weighted by Gasteiger charge is -2.29. The van der Waals surface area contributed by atoms with Crippen LogP contribution < -0.4 is 20.1 Å². The van der Waals surface area contributed by atoms with Crippen molar-refractivity contribution in [2.45, 2.75) is 86.8 Å². The number of nitrogens with one attached hydrogen (secondary N) is 3. The summed E-state index contributed by atoms with van der Waals surface area (Å²) < 4.78 is 34.5. The number of carbonyl (C=O) groups excluding carboxylic acids is 4. The van der Waals surface area contributed by atoms with Crippen LogP contribution in [-0.2, 0) is 24.4 Å². The quantitative estimate of drug-likeness (QED) is 0.185. The largest absolute Gasteiger partial charge is 0.472 e. The van der Waals surface area contributed by atoms with Crippen LogP contribution in [0.3, 0.4) is 0 Å². The number of pyridine rings is 2. The smallest absolute Gasteiger partial charge is 0.270 e. The Morgan fingerprint density at radius 3 is 2.56 bits per heavy atom. The van der Waals surface area contributed by atoms with Gasteiger partial charge in [0.25, 0.3) is 11.8 Å². The summed E-state index contributed by atoms with van der Waals surface area (Å²) in [6, 6.07) is 10.7. The second-order valence-corrected chi connectivity index (χ2v) is 16.4. The van der Waals surface area contributed by atoms with Gasteiger partial charge in [-0.1, -0.05) is 43.2 Å². The predicted molar refractivity (Wildman–Crippen MR) is 196 cm³/mol. The van der Waals surface area contributed by atoms with Crippen molar-refractivity contribution >= 4 is 55.5 Å². The number of allylic oxidation sites excluding steroid dienone is 1. The van der Waals surface area contributed by atoms with E-state index in [1.165, 1.54) is 23.5 Å². The van der Waals surface area contributed by atoms with E-state index in [1.807, 2.05) is 48.6 Å². The van der Waals surface area contributed by atoms with Crippen molar-refractivity contribution in [1.82, 2.24) is 40.2 Å². The number of aromatic nitrogens is 4. The van der Waals surface area contributed by atoms with Crippen LogP contribution in [0, 0.1) is 5.92 Å². The summed E-state index contributed by atoms with van der Waals surface area (Å²) in [6.07, 6.45) is 11.8. The van der Waals surface area contributed by atoms with E-state index in [0.717, 1.165) is 29.0 Å². The van der Waals surface area contributed by atoms with Crippen molar-refractivity contribution in [1.29, 1.82) is 0 Å². The Bertz CT molecular complexity index is 2270. The first-order valence-electron chi connectivity index (χ1n) is 18.4. The van der Waals surface area contributed by atoms with Crippen molar-refractivity contribution in [2.75, 3.05) is 6.54 Å². The monoisotopic (exact) mass is 752 g/mol. The molecule has 54 heavy (non-hydrogen) atoms. The summed E-state index contributed by atoms with van der Waals surface area (Å²) in [7, 11) is -3.90. The molecule has 1 aromatic carbocycles. The molecule has 0 unspecified atom stereocenters. The minimum atomic E-state index is -3.90. The van der Waals surface area contributed by atoms with Gasteiger partial charge < -0.3 is 20.3 Å². The third-order valence-electron chi connectivity index (χ3n) is 10.7. The number of fused-ring (bicyclic) bond motifs is 5. The van der Waals surface area contributed by atoms with Gasteiger partial charge in [0.1, 0.15) is 35.7 Å². The van der Waals surface area contributed by atoms with E-state index in [9.17, 15) is 27.6 Å². The molecular formula is C38H40N8O7S. The highest BCUT2D eigenvalue weighted by atomic mass is 32.2. The summed E-state index contributed by atoms with van der Waals surface area (Å²) in [5.74, 6) is -2.61. The molecule has 0 radical (unpaired) electrons. The average Bonchev–Trinajstić information content (AvgIpc) is 4.11. The zero-order chi connectivity index (χ0) is 37.5. The number of rotatable bonds is 7. The molecule has 3 fully saturated rings. The van der Waals surface area contributed by atoms with E-state index in [2.05, 4.69) is 30.3 Å². The lowest BCUT2D eigenvalue weighted by molar-refractivity contribution is -0.141. The number of nitrogens with zero attached hydrogens (tertiary/aromatic N) is 5. The molecule has 4 amide bonds. The maximum Gasteiger partial charge on any atom is 0.270 e. The number of hydrogen-bond acceptors (Lipinski definition) is 11. The van der Waals surface area contributed by atoms with Gasteiger partial charge in [0.15, 0.2) is 5.65 Å². The number of ether oxygens (including phenoxy) is 1. The van der Waals surface area contributed by atoms with E-state index >= 15 is 0 Å². The first-order valence-corrected chi connectivity index (χ1v) is 19.9. The topological polar surface area (TPSA) is 203 Å². The van der Waals surface area contributed by atoms with Crippen molar-refractivity contribution < 1.29 is 32.3 Å². The van der Waals surface area contributed by atoms with Crippen LogP contribution in [0.1, 0.15) is 68.3 Å². The van der Waals surface area contributed by atoms with Gasteiger partial charge in [-0.05, 0) is 68.2 Å². The highest BCUT2D eigenvalue weighted by Crippen LogP contribution is 2.46. The van der Waals surface area contributed by atoms with E-state index in [4.69, 9.17) is 9.72 Å². The van der Waals surface area contributed by atoms with Gasteiger partial charge >= 0.3 is 0 Å².